The maximum atomic E-state index is 4.54. The molecule has 0 fully saturated rings. The molecule has 2 radical (unpaired) electrons. The Labute approximate surface area is 35.8 Å². The minimum atomic E-state index is 0.676. The van der Waals surface area contributed by atoms with Crippen LogP contribution >= 0.6 is 0 Å². The number of rotatable bonds is 0. The molecule has 0 N–H and O–H groups in total. The summed E-state index contributed by atoms with van der Waals surface area (Å²) in [4.78, 5) is 3.41. The summed E-state index contributed by atoms with van der Waals surface area (Å²) in [6, 6.07) is 0. The van der Waals surface area contributed by atoms with Crippen LogP contribution in [0.25, 0.3) is 0 Å². The summed E-state index contributed by atoms with van der Waals surface area (Å²) >= 11 is 0. The highest BCUT2D eigenvalue weighted by Crippen LogP contribution is 1.86. The van der Waals surface area contributed by atoms with Gasteiger partial charge in [0.2, 0.25) is 0 Å². The van der Waals surface area contributed by atoms with Gasteiger partial charge in [0, 0.05) is 0 Å². The van der Waals surface area contributed by atoms with Gasteiger partial charge in [-0.2, -0.15) is 0 Å². The highest BCUT2D eigenvalue weighted by atomic mass is 16.3. The normalized spacial score (nSPS) is 8.83. The zero-order valence-corrected chi connectivity index (χ0v) is 3.36. The van der Waals surface area contributed by atoms with Crippen molar-refractivity contribution in [1.82, 2.24) is 4.98 Å². The van der Waals surface area contributed by atoms with Crippen molar-refractivity contribution in [3.05, 3.63) is 18.4 Å². The third kappa shape index (κ3) is 0.407. The summed E-state index contributed by atoms with van der Waals surface area (Å²) < 4.78 is 4.54. The lowest BCUT2D eigenvalue weighted by Crippen LogP contribution is -1.52. The van der Waals surface area contributed by atoms with Crippen LogP contribution in [0.15, 0.2) is 4.42 Å². The van der Waals surface area contributed by atoms with Crippen LogP contribution in [0.2, 0.25) is 0 Å². The fourth-order valence-electron chi connectivity index (χ4n) is 0.216. The van der Waals surface area contributed by atoms with Crippen LogP contribution in [0.4, 0.5) is 0 Å². The van der Waals surface area contributed by atoms with Crippen molar-refractivity contribution < 1.29 is 4.42 Å². The number of aryl methyl sites for hydroxylation is 1. The zero-order valence-electron chi connectivity index (χ0n) is 3.36. The van der Waals surface area contributed by atoms with E-state index in [1.165, 1.54) is 0 Å². The van der Waals surface area contributed by atoms with Crippen molar-refractivity contribution in [2.24, 2.45) is 0 Å². The molecule has 1 aromatic rings. The monoisotopic (exact) mass is 81.0 g/mol. The Morgan fingerprint density at radius 3 is 2.83 bits per heavy atom. The van der Waals surface area contributed by atoms with Crippen molar-refractivity contribution in [2.45, 2.75) is 6.92 Å². The first-order chi connectivity index (χ1) is 2.89. The van der Waals surface area contributed by atoms with Gasteiger partial charge in [0.25, 0.3) is 6.39 Å². The Hall–Kier alpha value is -0.790. The van der Waals surface area contributed by atoms with E-state index in [1.54, 1.807) is 6.92 Å². The van der Waals surface area contributed by atoms with Crippen molar-refractivity contribution in [3.8, 4) is 0 Å². The molecule has 0 atom stereocenters. The lowest BCUT2D eigenvalue weighted by atomic mass is 10.6. The molecule has 30 valence electrons. The summed E-state index contributed by atoms with van der Waals surface area (Å²) in [5, 5.41) is 0. The van der Waals surface area contributed by atoms with Gasteiger partial charge >= 0.3 is 0 Å². The summed E-state index contributed by atoms with van der Waals surface area (Å²) in [6.07, 6.45) is 4.78. The molecule has 0 saturated heterocycles. The first kappa shape index (κ1) is 3.40. The highest BCUT2D eigenvalue weighted by Gasteiger charge is 1.80. The fraction of sp³-hybridized carbons (Fsp3) is 0.250. The maximum absolute atomic E-state index is 4.54. The smallest absolute Gasteiger partial charge is 0.284 e. The molecule has 0 aliphatic heterocycles. The molecule has 1 heterocycles. The molecule has 1 rings (SSSR count). The van der Waals surface area contributed by atoms with Crippen molar-refractivity contribution in [2.75, 3.05) is 0 Å². The topological polar surface area (TPSA) is 26.0 Å². The van der Waals surface area contributed by atoms with Crippen molar-refractivity contribution >= 4 is 0 Å². The van der Waals surface area contributed by atoms with E-state index in [4.69, 9.17) is 0 Å². The zero-order chi connectivity index (χ0) is 4.41. The highest BCUT2D eigenvalue weighted by molar-refractivity contribution is 4.77. The van der Waals surface area contributed by atoms with Crippen LogP contribution < -0.4 is 0 Å². The van der Waals surface area contributed by atoms with Crippen molar-refractivity contribution in [3.63, 3.8) is 0 Å². The van der Waals surface area contributed by atoms with Gasteiger partial charge < -0.3 is 4.42 Å². The van der Waals surface area contributed by atoms with Crippen LogP contribution in [0.1, 0.15) is 5.76 Å². The molecule has 0 unspecified atom stereocenters. The van der Waals surface area contributed by atoms with E-state index in [2.05, 4.69) is 22.0 Å². The van der Waals surface area contributed by atoms with E-state index >= 15 is 0 Å². The molecule has 0 aliphatic rings. The average Bonchev–Trinajstić information content (AvgIpc) is 1.86. The van der Waals surface area contributed by atoms with Crippen LogP contribution in [-0.4, -0.2) is 4.98 Å². The quantitative estimate of drug-likeness (QED) is 0.456. The molecule has 1 aromatic heterocycles. The van der Waals surface area contributed by atoms with E-state index in [0.717, 1.165) is 0 Å². The molecule has 0 spiro atoms. The van der Waals surface area contributed by atoms with E-state index in [-0.39, 0.29) is 0 Å². The van der Waals surface area contributed by atoms with Crippen LogP contribution in [0.3, 0.4) is 0 Å². The van der Waals surface area contributed by atoms with E-state index in [0.29, 0.717) is 5.76 Å². The summed E-state index contributed by atoms with van der Waals surface area (Å²) in [5.41, 5.74) is 0. The number of hydrogen-bond donors (Lipinski definition) is 0. The summed E-state index contributed by atoms with van der Waals surface area (Å²) in [7, 11) is 0. The Morgan fingerprint density at radius 1 is 1.83 bits per heavy atom. The molecule has 2 nitrogen and oxygen atoms in total. The fourth-order valence-corrected chi connectivity index (χ4v) is 0.216. The van der Waals surface area contributed by atoms with E-state index in [1.807, 2.05) is 0 Å². The molecule has 0 aliphatic carbocycles. The molecule has 2 heteroatoms. The van der Waals surface area contributed by atoms with Crippen LogP contribution in [0.5, 0.6) is 0 Å². The second-order valence-corrected chi connectivity index (χ2v) is 0.973. The molecule has 6 heavy (non-hydrogen) atoms. The third-order valence-electron chi connectivity index (χ3n) is 0.458. The first-order valence-corrected chi connectivity index (χ1v) is 1.61. The lowest BCUT2D eigenvalue weighted by Gasteiger charge is -1.64. The number of hydrogen-bond acceptors (Lipinski definition) is 2. The van der Waals surface area contributed by atoms with Crippen molar-refractivity contribution in [1.29, 1.82) is 0 Å². The summed E-state index contributed by atoms with van der Waals surface area (Å²) in [6.45, 7) is 1.77. The molecular formula is C4H3NO. The van der Waals surface area contributed by atoms with Crippen LogP contribution in [0, 0.1) is 19.5 Å². The standard InChI is InChI=1S/C4H3NO/c1-4-2-5-3-6-4/h1H3. The van der Waals surface area contributed by atoms with Gasteiger partial charge in [-0.15, -0.1) is 0 Å². The lowest BCUT2D eigenvalue weighted by molar-refractivity contribution is 0.517. The summed E-state index contributed by atoms with van der Waals surface area (Å²) in [5.74, 6) is 0.676. The predicted octanol–water partition coefficient (Wildman–Crippen LogP) is 0.583. The third-order valence-corrected chi connectivity index (χ3v) is 0.458. The molecular weight excluding hydrogens is 78.0 g/mol. The van der Waals surface area contributed by atoms with Gasteiger partial charge in [-0.1, -0.05) is 0 Å². The average molecular weight is 81.1 g/mol. The Balaban J connectivity index is 3.05. The molecule has 0 bridgehead atoms. The van der Waals surface area contributed by atoms with Gasteiger partial charge in [-0.3, -0.25) is 0 Å². The van der Waals surface area contributed by atoms with Gasteiger partial charge in [-0.05, 0) is 6.92 Å². The first-order valence-electron chi connectivity index (χ1n) is 1.61. The van der Waals surface area contributed by atoms with Gasteiger partial charge in [0.15, 0.2) is 0 Å². The number of oxazole rings is 1. The van der Waals surface area contributed by atoms with E-state index < -0.39 is 0 Å². The minimum Gasteiger partial charge on any atom is -0.437 e. The van der Waals surface area contributed by atoms with E-state index in [9.17, 15) is 0 Å². The second kappa shape index (κ2) is 1.12. The Kier molecular flexibility index (Phi) is 0.638. The molecule has 0 amide bonds. The Morgan fingerprint density at radius 2 is 2.67 bits per heavy atom. The second-order valence-electron chi connectivity index (χ2n) is 0.973. The minimum absolute atomic E-state index is 0.676. The van der Waals surface area contributed by atoms with Crippen LogP contribution in [-0.2, 0) is 0 Å². The predicted molar refractivity (Wildman–Crippen MR) is 18.9 cm³/mol. The van der Waals surface area contributed by atoms with Gasteiger partial charge in [0.1, 0.15) is 12.0 Å². The SMILES string of the molecule is Cc1[c]n[c]o1. The molecule has 0 saturated carbocycles. The number of aromatic nitrogens is 1. The van der Waals surface area contributed by atoms with Gasteiger partial charge in [0.05, 0.1) is 0 Å². The molecule has 0 aromatic carbocycles. The largest absolute Gasteiger partial charge is 0.437 e. The maximum Gasteiger partial charge on any atom is 0.284 e. The van der Waals surface area contributed by atoms with Gasteiger partial charge in [-0.25, -0.2) is 4.98 Å². The Bertz CT molecular complexity index is 111. The number of nitrogens with zero attached hydrogens (tertiary/aromatic N) is 1.